The fourth-order valence-corrected chi connectivity index (χ4v) is 7.16. The number of phenolic OH excluding ortho intramolecular Hbond substituents is 1. The van der Waals surface area contributed by atoms with Gasteiger partial charge in [0.2, 0.25) is 29.5 Å². The lowest BCUT2D eigenvalue weighted by Gasteiger charge is -2.31. The lowest BCUT2D eigenvalue weighted by molar-refractivity contribution is -0.142. The molecule has 1 aromatic rings. The van der Waals surface area contributed by atoms with E-state index in [9.17, 15) is 34.2 Å². The molecule has 0 saturated carbocycles. The average Bonchev–Trinajstić information content (AvgIpc) is 3.71. The minimum atomic E-state index is -1.18. The van der Waals surface area contributed by atoms with Crippen LogP contribution in [0.4, 0.5) is 0 Å². The summed E-state index contributed by atoms with van der Waals surface area (Å²) in [6.45, 7) is 10.8. The largest absolute Gasteiger partial charge is 0.508 e. The number of nitrogens with two attached hydrogens (primary N) is 4. The van der Waals surface area contributed by atoms with Crippen molar-refractivity contribution in [3.05, 3.63) is 29.8 Å². The molecule has 1 aliphatic heterocycles. The number of phenols is 1. The van der Waals surface area contributed by atoms with Crippen LogP contribution in [0.25, 0.3) is 0 Å². The Hall–Kier alpha value is -5.17. The van der Waals surface area contributed by atoms with E-state index in [0.29, 0.717) is 63.6 Å². The summed E-state index contributed by atoms with van der Waals surface area (Å²) in [6.07, 6.45) is 5.11. The van der Waals surface area contributed by atoms with Gasteiger partial charge in [-0.1, -0.05) is 59.6 Å². The maximum atomic E-state index is 14.4. The minimum Gasteiger partial charge on any atom is -0.508 e. The number of likely N-dealkylation sites (tertiary alicyclic amines) is 1. The molecule has 0 aromatic heterocycles. The molecule has 344 valence electrons. The van der Waals surface area contributed by atoms with Crippen molar-refractivity contribution >= 4 is 41.5 Å². The highest BCUT2D eigenvalue weighted by Gasteiger charge is 2.40. The van der Waals surface area contributed by atoms with E-state index in [1.54, 1.807) is 12.1 Å². The van der Waals surface area contributed by atoms with Gasteiger partial charge in [-0.25, -0.2) is 0 Å². The number of carbonyl (C=O) groups is 5. The monoisotopic (exact) mass is 859 g/mol. The third kappa shape index (κ3) is 19.0. The second kappa shape index (κ2) is 27.6. The zero-order chi connectivity index (χ0) is 45.5. The Morgan fingerprint density at radius 2 is 1.41 bits per heavy atom. The van der Waals surface area contributed by atoms with E-state index < -0.39 is 59.9 Å². The maximum Gasteiger partial charge on any atom is 0.245 e. The van der Waals surface area contributed by atoms with Crippen LogP contribution >= 0.6 is 0 Å². The summed E-state index contributed by atoms with van der Waals surface area (Å²) in [5.41, 5.74) is 22.7. The third-order valence-electron chi connectivity index (χ3n) is 10.7. The molecule has 19 heteroatoms. The molecule has 0 unspecified atom stereocenters. The number of nitrogens with one attached hydrogen (secondary N) is 5. The molecular weight excluding hydrogens is 785 g/mol. The molecule has 19 nitrogen and oxygen atoms in total. The third-order valence-corrected chi connectivity index (χ3v) is 10.7. The quantitative estimate of drug-likeness (QED) is 0.0297. The molecule has 0 radical (unpaired) electrons. The Morgan fingerprint density at radius 3 is 1.97 bits per heavy atom. The lowest BCUT2D eigenvalue weighted by atomic mass is 9.96. The number of aliphatic hydroxyl groups excluding tert-OH is 1. The Balaban J connectivity index is 2.40. The number of hydrogen-bond acceptors (Lipinski definition) is 10. The molecule has 7 atom stereocenters. The predicted octanol–water partition coefficient (Wildman–Crippen LogP) is -0.185. The van der Waals surface area contributed by atoms with E-state index >= 15 is 0 Å². The van der Waals surface area contributed by atoms with Gasteiger partial charge in [-0.05, 0) is 87.4 Å². The van der Waals surface area contributed by atoms with Gasteiger partial charge >= 0.3 is 0 Å². The molecular formula is C42H74N12O7. The molecule has 1 heterocycles. The summed E-state index contributed by atoms with van der Waals surface area (Å²) in [5, 5.41) is 34.7. The van der Waals surface area contributed by atoms with Crippen molar-refractivity contribution in [2.24, 2.45) is 44.8 Å². The van der Waals surface area contributed by atoms with Gasteiger partial charge in [-0.3, -0.25) is 34.0 Å². The molecule has 1 saturated heterocycles. The van der Waals surface area contributed by atoms with Crippen molar-refractivity contribution in [3.8, 4) is 5.75 Å². The molecule has 0 aliphatic carbocycles. The van der Waals surface area contributed by atoms with Gasteiger partial charge in [0.05, 0.1) is 18.7 Å². The van der Waals surface area contributed by atoms with Gasteiger partial charge in [-0.15, -0.1) is 0 Å². The zero-order valence-electron chi connectivity index (χ0n) is 36.8. The van der Waals surface area contributed by atoms with Crippen LogP contribution in [0.5, 0.6) is 5.75 Å². The van der Waals surface area contributed by atoms with Crippen molar-refractivity contribution in [2.75, 3.05) is 32.8 Å². The van der Waals surface area contributed by atoms with Gasteiger partial charge in [0, 0.05) is 26.1 Å². The number of amides is 5. The Bertz CT molecular complexity index is 1580. The smallest absolute Gasteiger partial charge is 0.245 e. The van der Waals surface area contributed by atoms with Crippen LogP contribution in [0.2, 0.25) is 0 Å². The summed E-state index contributed by atoms with van der Waals surface area (Å²) >= 11 is 0. The molecule has 0 spiro atoms. The van der Waals surface area contributed by atoms with E-state index in [-0.39, 0.29) is 67.9 Å². The lowest BCUT2D eigenvalue weighted by Crippen LogP contribution is -2.60. The number of unbranched alkanes of at least 4 members (excludes halogenated alkanes) is 1. The Kier molecular flexibility index (Phi) is 23.5. The summed E-state index contributed by atoms with van der Waals surface area (Å²) < 4.78 is 0. The molecule has 5 amide bonds. The van der Waals surface area contributed by atoms with Gasteiger partial charge < -0.3 is 64.6 Å². The van der Waals surface area contributed by atoms with Gasteiger partial charge in [0.15, 0.2) is 11.9 Å². The topological polar surface area (TPSA) is 318 Å². The van der Waals surface area contributed by atoms with Crippen molar-refractivity contribution in [2.45, 2.75) is 141 Å². The first kappa shape index (κ1) is 52.0. The van der Waals surface area contributed by atoms with Crippen molar-refractivity contribution < 1.29 is 34.2 Å². The number of aromatic hydroxyl groups is 1. The summed E-state index contributed by atoms with van der Waals surface area (Å²) in [4.78, 5) is 79.7. The number of benzene rings is 1. The van der Waals surface area contributed by atoms with Crippen LogP contribution in [0, 0.1) is 11.8 Å². The second-order valence-electron chi connectivity index (χ2n) is 16.3. The molecule has 1 aliphatic rings. The highest BCUT2D eigenvalue weighted by Crippen LogP contribution is 2.21. The normalized spacial score (nSPS) is 16.6. The first-order valence-corrected chi connectivity index (χ1v) is 21.8. The van der Waals surface area contributed by atoms with Gasteiger partial charge in [-0.2, -0.15) is 0 Å². The number of rotatable bonds is 28. The standard InChI is InChI=1S/C42H74N12O7/c1-6-8-19-47-31(12-9-20-48-41(43)44)36(57)51-32(13-10-21-49-42(45)46)40(61)54-22-11-14-34(54)38(59)52-33(24-28-15-17-30(56)18-16-28)37(58)53-35(27(5)7-2)39(60)50-29(25-55)23-26(3)4/h15-18,26-27,29,31-35,47,55-56H,6-14,19-25H2,1-5H3,(H,50,60)(H,51,57)(H,52,59)(H,53,58)(H4,43,44,48)(H4,45,46,49)/t27-,29-,31-,32-,33-,34-,35-/m0/s1. The van der Waals surface area contributed by atoms with E-state index in [1.807, 2.05) is 34.6 Å². The van der Waals surface area contributed by atoms with Crippen LogP contribution in [0.15, 0.2) is 34.3 Å². The first-order chi connectivity index (χ1) is 29.0. The zero-order valence-corrected chi connectivity index (χ0v) is 36.8. The van der Waals surface area contributed by atoms with Gasteiger partial charge in [0.1, 0.15) is 29.9 Å². The number of nitrogens with zero attached hydrogens (tertiary/aromatic N) is 3. The first-order valence-electron chi connectivity index (χ1n) is 21.8. The van der Waals surface area contributed by atoms with E-state index in [0.717, 1.165) is 12.8 Å². The van der Waals surface area contributed by atoms with Crippen LogP contribution in [0.3, 0.4) is 0 Å². The fraction of sp³-hybridized carbons (Fsp3) is 0.690. The van der Waals surface area contributed by atoms with Crippen LogP contribution in [-0.2, 0) is 30.4 Å². The molecule has 2 rings (SSSR count). The molecule has 1 fully saturated rings. The van der Waals surface area contributed by atoms with E-state index in [1.165, 1.54) is 17.0 Å². The average molecular weight is 859 g/mol. The highest BCUT2D eigenvalue weighted by atomic mass is 16.3. The molecule has 0 bridgehead atoms. The highest BCUT2D eigenvalue weighted by molar-refractivity contribution is 5.96. The van der Waals surface area contributed by atoms with Crippen LogP contribution in [-0.4, -0.2) is 126 Å². The number of aliphatic hydroxyl groups is 1. The van der Waals surface area contributed by atoms with Crippen molar-refractivity contribution in [1.82, 2.24) is 31.5 Å². The molecule has 15 N–H and O–H groups in total. The van der Waals surface area contributed by atoms with Crippen molar-refractivity contribution in [3.63, 3.8) is 0 Å². The predicted molar refractivity (Wildman–Crippen MR) is 237 cm³/mol. The molecule has 1 aromatic carbocycles. The fourth-order valence-electron chi connectivity index (χ4n) is 7.16. The minimum absolute atomic E-state index is 0.0130. The van der Waals surface area contributed by atoms with Gasteiger partial charge in [0.25, 0.3) is 0 Å². The molecule has 61 heavy (non-hydrogen) atoms. The number of carbonyl (C=O) groups excluding carboxylic acids is 5. The SMILES string of the molecule is CCCCN[C@@H](CCCN=C(N)N)C(=O)N[C@@H](CCCN=C(N)N)C(=O)N1CCC[C@H]1C(=O)N[C@@H](Cc1ccc(O)cc1)C(=O)N[C@H](C(=O)N[C@H](CO)CC(C)C)[C@@H](C)CC. The van der Waals surface area contributed by atoms with Crippen LogP contribution < -0.4 is 49.5 Å². The van der Waals surface area contributed by atoms with E-state index in [4.69, 9.17) is 22.9 Å². The maximum absolute atomic E-state index is 14.4. The summed E-state index contributed by atoms with van der Waals surface area (Å²) in [6, 6.07) is 0.913. The van der Waals surface area contributed by atoms with E-state index in [2.05, 4.69) is 36.6 Å². The second-order valence-corrected chi connectivity index (χ2v) is 16.3. The summed E-state index contributed by atoms with van der Waals surface area (Å²) in [5.74, 6) is -2.71. The Labute approximate surface area is 361 Å². The van der Waals surface area contributed by atoms with Crippen molar-refractivity contribution in [1.29, 1.82) is 0 Å². The number of hydrogen-bond donors (Lipinski definition) is 11. The number of guanidine groups is 2. The summed E-state index contributed by atoms with van der Waals surface area (Å²) in [7, 11) is 0. The Morgan fingerprint density at radius 1 is 0.803 bits per heavy atom. The van der Waals surface area contributed by atoms with Crippen LogP contribution in [0.1, 0.15) is 104 Å². The number of aliphatic imine (C=N–C) groups is 2.